The lowest BCUT2D eigenvalue weighted by molar-refractivity contribution is 0.104. The van der Waals surface area contributed by atoms with E-state index in [0.29, 0.717) is 12.2 Å². The average molecular weight is 339 g/mol. The van der Waals surface area contributed by atoms with Crippen LogP contribution >= 0.6 is 0 Å². The predicted octanol–water partition coefficient (Wildman–Crippen LogP) is 4.99. The number of carbonyl (C=O) groups is 1. The fourth-order valence-electron chi connectivity index (χ4n) is 2.24. The molecule has 0 amide bonds. The van der Waals surface area contributed by atoms with Crippen molar-refractivity contribution in [2.24, 2.45) is 0 Å². The molecular weight excluding hydrogens is 314 g/mol. The number of benzene rings is 2. The number of ether oxygens (including phenoxy) is 2. The molecule has 0 aliphatic rings. The van der Waals surface area contributed by atoms with Gasteiger partial charge in [-0.25, -0.2) is 0 Å². The number of hydrogen-bond acceptors (Lipinski definition) is 4. The van der Waals surface area contributed by atoms with Gasteiger partial charge >= 0.3 is 0 Å². The lowest BCUT2D eigenvalue weighted by Gasteiger charge is -2.08. The first kappa shape index (κ1) is 18.6. The van der Waals surface area contributed by atoms with Gasteiger partial charge in [0.2, 0.25) is 0 Å². The van der Waals surface area contributed by atoms with Crippen LogP contribution in [0, 0.1) is 6.92 Å². The molecule has 0 spiro atoms. The van der Waals surface area contributed by atoms with E-state index in [9.17, 15) is 4.79 Å². The quantitative estimate of drug-likeness (QED) is 0.397. The van der Waals surface area contributed by atoms with Gasteiger partial charge in [0.25, 0.3) is 0 Å². The smallest absolute Gasteiger partial charge is 0.187 e. The largest absolute Gasteiger partial charge is 0.497 e. The molecule has 0 heterocycles. The van der Waals surface area contributed by atoms with Crippen LogP contribution in [0.15, 0.2) is 54.7 Å². The molecule has 2 aromatic carbocycles. The van der Waals surface area contributed by atoms with Gasteiger partial charge in [-0.15, -0.1) is 0 Å². The molecule has 0 atom stereocenters. The van der Waals surface area contributed by atoms with Crippen LogP contribution in [0.2, 0.25) is 0 Å². The van der Waals surface area contributed by atoms with Gasteiger partial charge in [0.1, 0.15) is 11.5 Å². The number of nitrogens with one attached hydrogen (secondary N) is 1. The van der Waals surface area contributed by atoms with Crippen LogP contribution in [0.25, 0.3) is 0 Å². The summed E-state index contributed by atoms with van der Waals surface area (Å²) >= 11 is 0. The third-order valence-electron chi connectivity index (χ3n) is 3.82. The van der Waals surface area contributed by atoms with Crippen LogP contribution in [-0.4, -0.2) is 19.5 Å². The number of methoxy groups -OCH3 is 1. The molecule has 4 heteroatoms. The van der Waals surface area contributed by atoms with E-state index >= 15 is 0 Å². The van der Waals surface area contributed by atoms with E-state index in [1.807, 2.05) is 37.3 Å². The number of unbranched alkanes of at least 4 members (excludes halogenated alkanes) is 1. The number of aryl methyl sites for hydroxylation is 1. The van der Waals surface area contributed by atoms with Gasteiger partial charge in [0.05, 0.1) is 13.7 Å². The SMILES string of the molecule is CCCCOc1ccc(C(=O)/C=C/Nc2cc(OC)ccc2C)cc1. The maximum absolute atomic E-state index is 12.2. The summed E-state index contributed by atoms with van der Waals surface area (Å²) in [6, 6.07) is 13.0. The molecule has 0 aromatic heterocycles. The van der Waals surface area contributed by atoms with Crippen LogP contribution in [0.5, 0.6) is 11.5 Å². The molecule has 0 aliphatic heterocycles. The first-order valence-corrected chi connectivity index (χ1v) is 8.49. The van der Waals surface area contributed by atoms with Crippen molar-refractivity contribution < 1.29 is 14.3 Å². The van der Waals surface area contributed by atoms with E-state index < -0.39 is 0 Å². The molecule has 0 bridgehead atoms. The maximum atomic E-state index is 12.2. The van der Waals surface area contributed by atoms with Gasteiger partial charge in [-0.05, 0) is 49.2 Å². The Hall–Kier alpha value is -2.75. The van der Waals surface area contributed by atoms with Crippen molar-refractivity contribution in [1.29, 1.82) is 0 Å². The van der Waals surface area contributed by atoms with Crippen molar-refractivity contribution in [2.45, 2.75) is 26.7 Å². The zero-order valence-corrected chi connectivity index (χ0v) is 15.0. The molecule has 0 unspecified atom stereocenters. The first-order valence-electron chi connectivity index (χ1n) is 8.49. The summed E-state index contributed by atoms with van der Waals surface area (Å²) in [7, 11) is 1.63. The van der Waals surface area contributed by atoms with Crippen LogP contribution < -0.4 is 14.8 Å². The Bertz CT molecular complexity index is 720. The minimum Gasteiger partial charge on any atom is -0.497 e. The molecule has 132 valence electrons. The van der Waals surface area contributed by atoms with Crippen molar-refractivity contribution >= 4 is 11.5 Å². The molecule has 0 saturated heterocycles. The van der Waals surface area contributed by atoms with Crippen molar-refractivity contribution in [3.05, 3.63) is 65.9 Å². The normalized spacial score (nSPS) is 10.7. The van der Waals surface area contributed by atoms with Gasteiger partial charge in [-0.2, -0.15) is 0 Å². The molecule has 0 saturated carbocycles. The standard InChI is InChI=1S/C21H25NO3/c1-4-5-14-25-18-10-7-17(8-11-18)21(23)12-13-22-20-15-19(24-3)9-6-16(20)2/h6-13,15,22H,4-5,14H2,1-3H3/b13-12+. The molecule has 4 nitrogen and oxygen atoms in total. The molecule has 0 fully saturated rings. The monoisotopic (exact) mass is 339 g/mol. The summed E-state index contributed by atoms with van der Waals surface area (Å²) in [5.74, 6) is 1.50. The summed E-state index contributed by atoms with van der Waals surface area (Å²) < 4.78 is 10.8. The van der Waals surface area contributed by atoms with E-state index in [4.69, 9.17) is 9.47 Å². The number of hydrogen-bond donors (Lipinski definition) is 1. The first-order chi connectivity index (χ1) is 12.1. The zero-order valence-electron chi connectivity index (χ0n) is 15.0. The Kier molecular flexibility index (Phi) is 7.08. The van der Waals surface area contributed by atoms with Crippen molar-refractivity contribution in [3.8, 4) is 11.5 Å². The fraction of sp³-hybridized carbons (Fsp3) is 0.286. The Balaban J connectivity index is 1.94. The minimum atomic E-state index is -0.0619. The van der Waals surface area contributed by atoms with E-state index in [0.717, 1.165) is 35.6 Å². The Labute approximate surface area is 149 Å². The van der Waals surface area contributed by atoms with Crippen LogP contribution in [-0.2, 0) is 0 Å². The average Bonchev–Trinajstić information content (AvgIpc) is 2.64. The molecule has 0 aliphatic carbocycles. The highest BCUT2D eigenvalue weighted by atomic mass is 16.5. The molecule has 2 rings (SSSR count). The summed E-state index contributed by atoms with van der Waals surface area (Å²) in [6.45, 7) is 4.82. The lowest BCUT2D eigenvalue weighted by Crippen LogP contribution is -1.99. The molecule has 25 heavy (non-hydrogen) atoms. The molecular formula is C21H25NO3. The van der Waals surface area contributed by atoms with Crippen LogP contribution in [0.1, 0.15) is 35.7 Å². The van der Waals surface area contributed by atoms with Gasteiger partial charge < -0.3 is 14.8 Å². The number of rotatable bonds is 9. The topological polar surface area (TPSA) is 47.6 Å². The van der Waals surface area contributed by atoms with Gasteiger partial charge in [0.15, 0.2) is 5.78 Å². The van der Waals surface area contributed by atoms with E-state index in [1.165, 1.54) is 6.08 Å². The van der Waals surface area contributed by atoms with Crippen molar-refractivity contribution in [3.63, 3.8) is 0 Å². The predicted molar refractivity (Wildman–Crippen MR) is 102 cm³/mol. The zero-order chi connectivity index (χ0) is 18.1. The third kappa shape index (κ3) is 5.68. The number of allylic oxidation sites excluding steroid dienone is 1. The second-order valence-electron chi connectivity index (χ2n) is 5.75. The summed E-state index contributed by atoms with van der Waals surface area (Å²) in [6.07, 6.45) is 5.29. The van der Waals surface area contributed by atoms with Gasteiger partial charge in [-0.1, -0.05) is 19.4 Å². The van der Waals surface area contributed by atoms with Gasteiger partial charge in [0, 0.05) is 29.6 Å². The summed E-state index contributed by atoms with van der Waals surface area (Å²) in [4.78, 5) is 12.2. The molecule has 1 N–H and O–H groups in total. The highest BCUT2D eigenvalue weighted by molar-refractivity contribution is 6.04. The van der Waals surface area contributed by atoms with E-state index in [1.54, 1.807) is 25.4 Å². The highest BCUT2D eigenvalue weighted by Gasteiger charge is 2.03. The second-order valence-corrected chi connectivity index (χ2v) is 5.75. The maximum Gasteiger partial charge on any atom is 0.187 e. The van der Waals surface area contributed by atoms with Crippen molar-refractivity contribution in [2.75, 3.05) is 19.0 Å². The summed E-state index contributed by atoms with van der Waals surface area (Å²) in [5, 5.41) is 3.13. The Morgan fingerprint density at radius 3 is 2.52 bits per heavy atom. The van der Waals surface area contributed by atoms with Crippen LogP contribution in [0.3, 0.4) is 0 Å². The highest BCUT2D eigenvalue weighted by Crippen LogP contribution is 2.21. The third-order valence-corrected chi connectivity index (χ3v) is 3.82. The van der Waals surface area contributed by atoms with Crippen molar-refractivity contribution in [1.82, 2.24) is 0 Å². The Morgan fingerprint density at radius 1 is 1.12 bits per heavy atom. The van der Waals surface area contributed by atoms with Gasteiger partial charge in [-0.3, -0.25) is 4.79 Å². The Morgan fingerprint density at radius 2 is 1.84 bits per heavy atom. The molecule has 0 radical (unpaired) electrons. The number of carbonyl (C=O) groups excluding carboxylic acids is 1. The summed E-state index contributed by atoms with van der Waals surface area (Å²) in [5.41, 5.74) is 2.61. The van der Waals surface area contributed by atoms with E-state index in [-0.39, 0.29) is 5.78 Å². The number of anilines is 1. The lowest BCUT2D eigenvalue weighted by atomic mass is 10.1. The van der Waals surface area contributed by atoms with Crippen LogP contribution in [0.4, 0.5) is 5.69 Å². The molecule has 2 aromatic rings. The second kappa shape index (κ2) is 9.52. The minimum absolute atomic E-state index is 0.0619. The number of ketones is 1. The van der Waals surface area contributed by atoms with E-state index in [2.05, 4.69) is 12.2 Å². The fourth-order valence-corrected chi connectivity index (χ4v) is 2.24.